The first-order valence-corrected chi connectivity index (χ1v) is 10.2. The molecule has 168 valence electrons. The van der Waals surface area contributed by atoms with E-state index in [0.717, 1.165) is 5.56 Å². The Balaban J connectivity index is 1.59. The quantitative estimate of drug-likeness (QED) is 0.190. The van der Waals surface area contributed by atoms with Crippen LogP contribution in [0.15, 0.2) is 77.9 Å². The van der Waals surface area contributed by atoms with Gasteiger partial charge in [0.25, 0.3) is 0 Å². The molecule has 3 aromatic carbocycles. The molecule has 8 heteroatoms. The molecule has 0 aliphatic rings. The molecule has 2 amide bonds. The Morgan fingerprint density at radius 1 is 0.939 bits per heavy atom. The zero-order valence-electron chi connectivity index (χ0n) is 18.2. The van der Waals surface area contributed by atoms with Gasteiger partial charge in [-0.15, -0.1) is 0 Å². The second-order valence-electron chi connectivity index (χ2n) is 6.91. The molecular weight excluding hydrogens is 422 g/mol. The maximum atomic E-state index is 12.4. The van der Waals surface area contributed by atoms with Crippen LogP contribution >= 0.6 is 0 Å². The highest BCUT2D eigenvalue weighted by molar-refractivity contribution is 6.39. The van der Waals surface area contributed by atoms with Crippen LogP contribution in [0.25, 0.3) is 0 Å². The van der Waals surface area contributed by atoms with Gasteiger partial charge in [0.15, 0.2) is 0 Å². The molecule has 0 fully saturated rings. The molecule has 3 aromatic rings. The number of carbonyl (C=O) groups is 3. The first-order chi connectivity index (χ1) is 16.0. The number of nitrogens with one attached hydrogen (secondary N) is 2. The van der Waals surface area contributed by atoms with Gasteiger partial charge in [-0.1, -0.05) is 29.8 Å². The van der Waals surface area contributed by atoms with Gasteiger partial charge in [0.05, 0.1) is 18.4 Å². The molecule has 0 aliphatic heterocycles. The Bertz CT molecular complexity index is 1170. The number of para-hydroxylation sites is 1. The number of aryl methyl sites for hydroxylation is 1. The van der Waals surface area contributed by atoms with E-state index in [9.17, 15) is 14.4 Å². The third-order valence-corrected chi connectivity index (χ3v) is 4.37. The summed E-state index contributed by atoms with van der Waals surface area (Å²) < 4.78 is 10.8. The highest BCUT2D eigenvalue weighted by atomic mass is 16.5. The Labute approximate surface area is 191 Å². The molecular formula is C25H23N3O5. The van der Waals surface area contributed by atoms with Crippen LogP contribution < -0.4 is 20.2 Å². The van der Waals surface area contributed by atoms with Crippen molar-refractivity contribution in [2.75, 3.05) is 11.9 Å². The van der Waals surface area contributed by atoms with Crippen molar-refractivity contribution in [2.45, 2.75) is 13.8 Å². The minimum absolute atomic E-state index is 0.265. The number of nitrogens with zero attached hydrogens (tertiary/aromatic N) is 1. The van der Waals surface area contributed by atoms with Gasteiger partial charge in [0, 0.05) is 11.3 Å². The summed E-state index contributed by atoms with van der Waals surface area (Å²) in [5.41, 5.74) is 4.40. The van der Waals surface area contributed by atoms with Crippen LogP contribution in [-0.2, 0) is 9.59 Å². The second kappa shape index (κ2) is 11.2. The Hall–Kier alpha value is -4.46. The summed E-state index contributed by atoms with van der Waals surface area (Å²) >= 11 is 0. The number of ether oxygens (including phenoxy) is 2. The first-order valence-electron chi connectivity index (χ1n) is 10.2. The highest BCUT2D eigenvalue weighted by Gasteiger charge is 2.14. The predicted octanol–water partition coefficient (Wildman–Crippen LogP) is 3.70. The normalized spacial score (nSPS) is 10.5. The van der Waals surface area contributed by atoms with Gasteiger partial charge < -0.3 is 14.8 Å². The molecule has 0 unspecified atom stereocenters. The lowest BCUT2D eigenvalue weighted by Crippen LogP contribution is -2.32. The van der Waals surface area contributed by atoms with Gasteiger partial charge in [-0.05, 0) is 62.4 Å². The molecule has 2 N–H and O–H groups in total. The van der Waals surface area contributed by atoms with Crippen molar-refractivity contribution >= 4 is 29.7 Å². The smallest absolute Gasteiger partial charge is 0.343 e. The molecule has 0 radical (unpaired) electrons. The zero-order chi connectivity index (χ0) is 23.6. The summed E-state index contributed by atoms with van der Waals surface area (Å²) in [5, 5.41) is 6.27. The lowest BCUT2D eigenvalue weighted by Gasteiger charge is -2.08. The summed E-state index contributed by atoms with van der Waals surface area (Å²) in [7, 11) is 0. The molecule has 0 saturated heterocycles. The number of amides is 2. The summed E-state index contributed by atoms with van der Waals surface area (Å²) in [6, 6.07) is 20.4. The molecule has 0 spiro atoms. The Morgan fingerprint density at radius 3 is 2.42 bits per heavy atom. The zero-order valence-corrected chi connectivity index (χ0v) is 18.2. The van der Waals surface area contributed by atoms with E-state index in [1.165, 1.54) is 6.21 Å². The molecule has 0 aliphatic carbocycles. The number of anilines is 1. The third kappa shape index (κ3) is 6.76. The fraction of sp³-hybridized carbons (Fsp3) is 0.120. The maximum Gasteiger partial charge on any atom is 0.343 e. The number of carbonyl (C=O) groups excluding carboxylic acids is 3. The molecule has 0 bridgehead atoms. The van der Waals surface area contributed by atoms with Crippen LogP contribution in [0.2, 0.25) is 0 Å². The van der Waals surface area contributed by atoms with E-state index in [4.69, 9.17) is 9.47 Å². The van der Waals surface area contributed by atoms with Crippen LogP contribution in [-0.4, -0.2) is 30.6 Å². The maximum absolute atomic E-state index is 12.4. The molecule has 8 nitrogen and oxygen atoms in total. The molecule has 33 heavy (non-hydrogen) atoms. The van der Waals surface area contributed by atoms with Crippen molar-refractivity contribution in [3.8, 4) is 11.5 Å². The Kier molecular flexibility index (Phi) is 7.91. The molecule has 0 aromatic heterocycles. The largest absolute Gasteiger partial charge is 0.494 e. The predicted molar refractivity (Wildman–Crippen MR) is 125 cm³/mol. The minimum atomic E-state index is -0.950. The van der Waals surface area contributed by atoms with Gasteiger partial charge in [0.2, 0.25) is 0 Å². The van der Waals surface area contributed by atoms with Crippen molar-refractivity contribution in [2.24, 2.45) is 5.10 Å². The van der Waals surface area contributed by atoms with E-state index < -0.39 is 17.8 Å². The van der Waals surface area contributed by atoms with Crippen molar-refractivity contribution in [1.29, 1.82) is 0 Å². The number of hydrazone groups is 1. The van der Waals surface area contributed by atoms with Gasteiger partial charge in [-0.2, -0.15) is 5.10 Å². The number of hydrogen-bond acceptors (Lipinski definition) is 6. The standard InChI is InChI=1S/C25H23N3O5/c1-3-32-21-13-11-20(12-14-21)27-23(29)24(30)28-26-16-19-8-4-5-10-22(19)33-25(31)18-9-6-7-17(2)15-18/h4-16H,3H2,1-2H3,(H,27,29)(H,28,30). The van der Waals surface area contributed by atoms with Gasteiger partial charge in [0.1, 0.15) is 11.5 Å². The summed E-state index contributed by atoms with van der Waals surface area (Å²) in [6.45, 7) is 4.28. The SMILES string of the molecule is CCOc1ccc(NC(=O)C(=O)NN=Cc2ccccc2OC(=O)c2cccc(C)c2)cc1. The third-order valence-electron chi connectivity index (χ3n) is 4.37. The molecule has 0 heterocycles. The van der Waals surface area contributed by atoms with E-state index >= 15 is 0 Å². The van der Waals surface area contributed by atoms with Crippen molar-refractivity contribution in [1.82, 2.24) is 5.43 Å². The highest BCUT2D eigenvalue weighted by Crippen LogP contribution is 2.18. The lowest BCUT2D eigenvalue weighted by atomic mass is 10.1. The second-order valence-corrected chi connectivity index (χ2v) is 6.91. The first kappa shape index (κ1) is 23.2. The minimum Gasteiger partial charge on any atom is -0.494 e. The topological polar surface area (TPSA) is 106 Å². The summed E-state index contributed by atoms with van der Waals surface area (Å²) in [6.07, 6.45) is 1.29. The number of esters is 1. The van der Waals surface area contributed by atoms with E-state index in [-0.39, 0.29) is 5.75 Å². The molecule has 0 saturated carbocycles. The number of rotatable bonds is 7. The van der Waals surface area contributed by atoms with Crippen molar-refractivity contribution in [3.05, 3.63) is 89.5 Å². The monoisotopic (exact) mass is 445 g/mol. The average molecular weight is 445 g/mol. The summed E-state index contributed by atoms with van der Waals surface area (Å²) in [4.78, 5) is 36.5. The Morgan fingerprint density at radius 2 is 1.70 bits per heavy atom. The van der Waals surface area contributed by atoms with E-state index in [1.54, 1.807) is 66.7 Å². The van der Waals surface area contributed by atoms with Gasteiger partial charge in [-0.3, -0.25) is 9.59 Å². The molecule has 3 rings (SSSR count). The molecule has 0 atom stereocenters. The van der Waals surface area contributed by atoms with Gasteiger partial charge >= 0.3 is 17.8 Å². The lowest BCUT2D eigenvalue weighted by molar-refractivity contribution is -0.136. The average Bonchev–Trinajstić information content (AvgIpc) is 2.81. The van der Waals surface area contributed by atoms with Crippen LogP contribution in [0, 0.1) is 6.92 Å². The summed E-state index contributed by atoms with van der Waals surface area (Å²) in [5.74, 6) is -1.42. The van der Waals surface area contributed by atoms with Crippen LogP contribution in [0.5, 0.6) is 11.5 Å². The van der Waals surface area contributed by atoms with Crippen LogP contribution in [0.4, 0.5) is 5.69 Å². The number of hydrogen-bond donors (Lipinski definition) is 2. The van der Waals surface area contributed by atoms with Crippen molar-refractivity contribution < 1.29 is 23.9 Å². The number of benzene rings is 3. The van der Waals surface area contributed by atoms with Gasteiger partial charge in [-0.25, -0.2) is 10.2 Å². The fourth-order valence-corrected chi connectivity index (χ4v) is 2.81. The van der Waals surface area contributed by atoms with Crippen LogP contribution in [0.3, 0.4) is 0 Å². The van der Waals surface area contributed by atoms with E-state index in [2.05, 4.69) is 15.8 Å². The fourth-order valence-electron chi connectivity index (χ4n) is 2.81. The van der Waals surface area contributed by atoms with E-state index in [1.807, 2.05) is 19.9 Å². The van der Waals surface area contributed by atoms with E-state index in [0.29, 0.717) is 29.2 Å². The van der Waals surface area contributed by atoms with Crippen LogP contribution in [0.1, 0.15) is 28.4 Å². The van der Waals surface area contributed by atoms with Crippen molar-refractivity contribution in [3.63, 3.8) is 0 Å².